The molecule has 0 spiro atoms. The maximum Gasteiger partial charge on any atom is 0.122 e. The lowest BCUT2D eigenvalue weighted by Crippen LogP contribution is -2.24. The number of hydrogen-bond donors (Lipinski definition) is 1. The molecule has 1 N–H and O–H groups in total. The number of likely N-dealkylation sites (N-methyl/N-ethyl adjacent to an activating group) is 1. The van der Waals surface area contributed by atoms with Crippen LogP contribution >= 0.6 is 0 Å². The highest BCUT2D eigenvalue weighted by Crippen LogP contribution is 2.40. The fraction of sp³-hybridized carbons (Fsp3) is 0.286. The van der Waals surface area contributed by atoms with Crippen LogP contribution in [0.2, 0.25) is 0 Å². The van der Waals surface area contributed by atoms with E-state index in [2.05, 4.69) is 17.4 Å². The Morgan fingerprint density at radius 1 is 1.24 bits per heavy atom. The maximum absolute atomic E-state index is 5.71. The Morgan fingerprint density at radius 2 is 2.12 bits per heavy atom. The van der Waals surface area contributed by atoms with Gasteiger partial charge in [-0.15, -0.1) is 0 Å². The SMILES string of the molecule is CNC(c1ccco1)C1COc2ccccc21. The third-order valence-corrected chi connectivity index (χ3v) is 3.30. The average molecular weight is 229 g/mol. The molecule has 0 aliphatic carbocycles. The van der Waals surface area contributed by atoms with Crippen LogP contribution in [0.25, 0.3) is 0 Å². The largest absolute Gasteiger partial charge is 0.493 e. The number of para-hydroxylation sites is 1. The normalized spacial score (nSPS) is 19.7. The second kappa shape index (κ2) is 4.26. The molecule has 0 amide bonds. The maximum atomic E-state index is 5.71. The first-order valence-electron chi connectivity index (χ1n) is 5.82. The van der Waals surface area contributed by atoms with E-state index in [0.29, 0.717) is 12.5 Å². The number of nitrogens with one attached hydrogen (secondary N) is 1. The van der Waals surface area contributed by atoms with Crippen molar-refractivity contribution in [2.24, 2.45) is 0 Å². The van der Waals surface area contributed by atoms with Crippen molar-refractivity contribution in [1.29, 1.82) is 0 Å². The molecule has 1 aliphatic heterocycles. The summed E-state index contributed by atoms with van der Waals surface area (Å²) >= 11 is 0. The van der Waals surface area contributed by atoms with E-state index in [-0.39, 0.29) is 6.04 Å². The van der Waals surface area contributed by atoms with Crippen molar-refractivity contribution in [2.45, 2.75) is 12.0 Å². The number of benzene rings is 1. The Kier molecular flexibility index (Phi) is 2.61. The van der Waals surface area contributed by atoms with Gasteiger partial charge in [0.2, 0.25) is 0 Å². The van der Waals surface area contributed by atoms with Gasteiger partial charge in [0.15, 0.2) is 0 Å². The predicted octanol–water partition coefficient (Wildman–Crippen LogP) is 2.72. The third kappa shape index (κ3) is 1.72. The van der Waals surface area contributed by atoms with E-state index in [4.69, 9.17) is 9.15 Å². The molecule has 0 radical (unpaired) electrons. The molecule has 17 heavy (non-hydrogen) atoms. The van der Waals surface area contributed by atoms with Crippen LogP contribution in [0, 0.1) is 0 Å². The molecule has 2 atom stereocenters. The van der Waals surface area contributed by atoms with Crippen LogP contribution in [-0.2, 0) is 0 Å². The molecule has 88 valence electrons. The van der Waals surface area contributed by atoms with Gasteiger partial charge in [-0.3, -0.25) is 0 Å². The summed E-state index contributed by atoms with van der Waals surface area (Å²) in [5, 5.41) is 3.31. The Labute approximate surface area is 100 Å². The minimum absolute atomic E-state index is 0.161. The minimum atomic E-state index is 0.161. The molecule has 1 aromatic heterocycles. The molecular weight excluding hydrogens is 214 g/mol. The van der Waals surface area contributed by atoms with Crippen molar-refractivity contribution >= 4 is 0 Å². The Bertz CT molecular complexity index is 493. The highest BCUT2D eigenvalue weighted by atomic mass is 16.5. The van der Waals surface area contributed by atoms with Gasteiger partial charge in [0.1, 0.15) is 11.5 Å². The lowest BCUT2D eigenvalue weighted by molar-refractivity contribution is 0.288. The molecular formula is C14H15NO2. The first-order valence-corrected chi connectivity index (χ1v) is 5.82. The quantitative estimate of drug-likeness (QED) is 0.878. The summed E-state index contributed by atoms with van der Waals surface area (Å²) in [5.41, 5.74) is 1.25. The summed E-state index contributed by atoms with van der Waals surface area (Å²) in [6.45, 7) is 0.700. The standard InChI is InChI=1S/C14H15NO2/c1-15-14(13-7-4-8-16-13)11-9-17-12-6-3-2-5-10(11)12/h2-8,11,14-15H,9H2,1H3. The number of rotatable bonds is 3. The number of ether oxygens (including phenoxy) is 1. The summed E-state index contributed by atoms with van der Waals surface area (Å²) < 4.78 is 11.2. The first-order chi connectivity index (χ1) is 8.40. The molecule has 2 unspecified atom stereocenters. The monoisotopic (exact) mass is 229 g/mol. The predicted molar refractivity (Wildman–Crippen MR) is 65.2 cm³/mol. The fourth-order valence-electron chi connectivity index (χ4n) is 2.47. The van der Waals surface area contributed by atoms with Gasteiger partial charge in [0.25, 0.3) is 0 Å². The number of furan rings is 1. The van der Waals surface area contributed by atoms with Gasteiger partial charge in [-0.2, -0.15) is 0 Å². The topological polar surface area (TPSA) is 34.4 Å². The number of fused-ring (bicyclic) bond motifs is 1. The Balaban J connectivity index is 1.95. The number of hydrogen-bond acceptors (Lipinski definition) is 3. The molecule has 0 fully saturated rings. The van der Waals surface area contributed by atoms with E-state index in [0.717, 1.165) is 11.5 Å². The summed E-state index contributed by atoms with van der Waals surface area (Å²) in [6, 6.07) is 12.3. The van der Waals surface area contributed by atoms with E-state index in [1.54, 1.807) is 6.26 Å². The molecule has 3 heteroatoms. The smallest absolute Gasteiger partial charge is 0.122 e. The second-order valence-electron chi connectivity index (χ2n) is 4.24. The van der Waals surface area contributed by atoms with Gasteiger partial charge in [0.05, 0.1) is 18.9 Å². The average Bonchev–Trinajstić information content (AvgIpc) is 3.01. The van der Waals surface area contributed by atoms with Crippen LogP contribution < -0.4 is 10.1 Å². The zero-order valence-corrected chi connectivity index (χ0v) is 9.72. The van der Waals surface area contributed by atoms with Crippen molar-refractivity contribution in [1.82, 2.24) is 5.32 Å². The van der Waals surface area contributed by atoms with E-state index in [9.17, 15) is 0 Å². The van der Waals surface area contributed by atoms with E-state index in [1.165, 1.54) is 5.56 Å². The summed E-state index contributed by atoms with van der Waals surface area (Å²) in [6.07, 6.45) is 1.71. The van der Waals surface area contributed by atoms with Crippen molar-refractivity contribution < 1.29 is 9.15 Å². The van der Waals surface area contributed by atoms with E-state index >= 15 is 0 Å². The molecule has 0 saturated heterocycles. The van der Waals surface area contributed by atoms with Gasteiger partial charge in [-0.1, -0.05) is 18.2 Å². The fourth-order valence-corrected chi connectivity index (χ4v) is 2.47. The molecule has 0 saturated carbocycles. The van der Waals surface area contributed by atoms with E-state index in [1.807, 2.05) is 31.3 Å². The van der Waals surface area contributed by atoms with Crippen LogP contribution in [0.1, 0.15) is 23.3 Å². The van der Waals surface area contributed by atoms with Crippen molar-refractivity contribution in [3.8, 4) is 5.75 Å². The molecule has 0 bridgehead atoms. The van der Waals surface area contributed by atoms with Crippen LogP contribution in [0.5, 0.6) is 5.75 Å². The highest BCUT2D eigenvalue weighted by Gasteiger charge is 2.32. The summed E-state index contributed by atoms with van der Waals surface area (Å²) in [5.74, 6) is 2.25. The third-order valence-electron chi connectivity index (χ3n) is 3.30. The molecule has 3 nitrogen and oxygen atoms in total. The van der Waals surface area contributed by atoms with Crippen LogP contribution in [0.4, 0.5) is 0 Å². The van der Waals surface area contributed by atoms with Gasteiger partial charge < -0.3 is 14.5 Å². The molecule has 1 aliphatic rings. The lowest BCUT2D eigenvalue weighted by atomic mass is 9.92. The van der Waals surface area contributed by atoms with Gasteiger partial charge in [-0.05, 0) is 25.2 Å². The Hall–Kier alpha value is -1.74. The molecule has 3 rings (SSSR count). The van der Waals surface area contributed by atoms with Gasteiger partial charge >= 0.3 is 0 Å². The van der Waals surface area contributed by atoms with Crippen molar-refractivity contribution in [2.75, 3.05) is 13.7 Å². The lowest BCUT2D eigenvalue weighted by Gasteiger charge is -2.20. The summed E-state index contributed by atoms with van der Waals surface area (Å²) in [7, 11) is 1.95. The first kappa shape index (κ1) is 10.4. The second-order valence-corrected chi connectivity index (χ2v) is 4.24. The zero-order valence-electron chi connectivity index (χ0n) is 9.72. The molecule has 2 aromatic rings. The van der Waals surface area contributed by atoms with Gasteiger partial charge in [0, 0.05) is 11.5 Å². The van der Waals surface area contributed by atoms with Crippen LogP contribution in [0.3, 0.4) is 0 Å². The van der Waals surface area contributed by atoms with Gasteiger partial charge in [-0.25, -0.2) is 0 Å². The van der Waals surface area contributed by atoms with Crippen LogP contribution in [0.15, 0.2) is 47.1 Å². The minimum Gasteiger partial charge on any atom is -0.493 e. The van der Waals surface area contributed by atoms with E-state index < -0.39 is 0 Å². The Morgan fingerprint density at radius 3 is 2.88 bits per heavy atom. The molecule has 2 heterocycles. The highest BCUT2D eigenvalue weighted by molar-refractivity contribution is 5.41. The van der Waals surface area contributed by atoms with Crippen molar-refractivity contribution in [3.63, 3.8) is 0 Å². The zero-order chi connectivity index (χ0) is 11.7. The van der Waals surface area contributed by atoms with Crippen molar-refractivity contribution in [3.05, 3.63) is 54.0 Å². The van der Waals surface area contributed by atoms with Crippen LogP contribution in [-0.4, -0.2) is 13.7 Å². The molecule has 1 aromatic carbocycles. The summed E-state index contributed by atoms with van der Waals surface area (Å²) in [4.78, 5) is 0.